The van der Waals surface area contributed by atoms with Crippen LogP contribution in [0, 0.1) is 12.1 Å². The van der Waals surface area contributed by atoms with E-state index in [-0.39, 0.29) is 21.1 Å². The zero-order chi connectivity index (χ0) is 50.2. The first-order valence-electron chi connectivity index (χ1n) is 26.0. The second-order valence-corrected chi connectivity index (χ2v) is 27.1. The quantitative estimate of drug-likeness (QED) is 0.123. The van der Waals surface area contributed by atoms with Crippen LogP contribution in [0.15, 0.2) is 279 Å². The van der Waals surface area contributed by atoms with E-state index in [0.717, 1.165) is 56.6 Å². The summed E-state index contributed by atoms with van der Waals surface area (Å²) in [7, 11) is -5.10. The average molecular weight is 1190 g/mol. The minimum atomic E-state index is -2.55. The first kappa shape index (κ1) is 46.7. The number of rotatable bonds is 6. The number of hydrogen-bond acceptors (Lipinski definition) is 4. The summed E-state index contributed by atoms with van der Waals surface area (Å²) in [6.45, 7) is 0. The Hall–Kier alpha value is -8.78. The summed E-state index contributed by atoms with van der Waals surface area (Å²) in [5.41, 5.74) is 16.6. The Morgan fingerprint density at radius 1 is 0.273 bits per heavy atom. The topological polar surface area (TPSA) is 32.3 Å². The van der Waals surface area contributed by atoms with Gasteiger partial charge in [0.25, 0.3) is 0 Å². The number of benzene rings is 10. The van der Waals surface area contributed by atoms with Crippen LogP contribution >= 0.6 is 0 Å². The first-order valence-corrected chi connectivity index (χ1v) is 30.0. The zero-order valence-corrected chi connectivity index (χ0v) is 45.9. The molecular weight excluding hydrogens is 1150 g/mol. The monoisotopic (exact) mass is 1190 g/mol. The Balaban J connectivity index is 0.000000138. The third kappa shape index (κ3) is 6.92. The standard InChI is InChI=1S/2C35H23N2Si.Pt/c2*1-3-12-25(13-4-1)37(26-14-5-2-6-15-26)27-21-22-30-34(24-27)38(33-20-11-23-36-35(30)33)31-18-9-7-16-28(31)29-17-8-10-19-32(29)38;/h2*1-21,23-24H;/q2*-1;+2. The van der Waals surface area contributed by atoms with Crippen molar-refractivity contribution in [3.63, 3.8) is 0 Å². The molecule has 2 aromatic heterocycles. The molecule has 12 aromatic rings. The molecule has 0 N–H and O–H groups in total. The van der Waals surface area contributed by atoms with E-state index in [2.05, 4.69) is 289 Å². The zero-order valence-electron chi connectivity index (χ0n) is 41.7. The van der Waals surface area contributed by atoms with Crippen molar-refractivity contribution in [2.45, 2.75) is 0 Å². The number of anilines is 6. The molecule has 0 unspecified atom stereocenters. The normalized spacial score (nSPS) is 13.3. The molecule has 0 saturated carbocycles. The number of hydrogen-bond donors (Lipinski definition) is 0. The van der Waals surface area contributed by atoms with Crippen LogP contribution < -0.4 is 51.3 Å². The Bertz CT molecular complexity index is 3730. The molecule has 0 radical (unpaired) electrons. The third-order valence-corrected chi connectivity index (χ3v) is 25.8. The van der Waals surface area contributed by atoms with Gasteiger partial charge in [-0.1, -0.05) is 192 Å². The summed E-state index contributed by atoms with van der Waals surface area (Å²) in [5.74, 6) is 0. The first-order chi connectivity index (χ1) is 37.7. The number of fused-ring (bicyclic) bond motifs is 20. The molecule has 364 valence electrons. The maximum atomic E-state index is 4.95. The van der Waals surface area contributed by atoms with Crippen molar-refractivity contribution in [2.75, 3.05) is 9.80 Å². The van der Waals surface area contributed by atoms with Crippen LogP contribution in [0.4, 0.5) is 34.1 Å². The molecule has 6 heterocycles. The molecule has 77 heavy (non-hydrogen) atoms. The van der Waals surface area contributed by atoms with Gasteiger partial charge in [0.05, 0.1) is 0 Å². The number of pyridine rings is 2. The van der Waals surface area contributed by atoms with Gasteiger partial charge < -0.3 is 19.8 Å². The predicted molar refractivity (Wildman–Crippen MR) is 319 cm³/mol. The van der Waals surface area contributed by atoms with Gasteiger partial charge in [-0.2, -0.15) is 0 Å². The van der Waals surface area contributed by atoms with Crippen molar-refractivity contribution < 1.29 is 21.1 Å². The summed E-state index contributed by atoms with van der Waals surface area (Å²) in [4.78, 5) is 14.6. The number of para-hydroxylation sites is 4. The van der Waals surface area contributed by atoms with Crippen LogP contribution in [0.3, 0.4) is 0 Å². The molecule has 0 atom stereocenters. The molecule has 4 nitrogen and oxygen atoms in total. The summed E-state index contributed by atoms with van der Waals surface area (Å²) >= 11 is 0. The minimum Gasteiger partial charge on any atom is -0.352 e. The average Bonchev–Trinajstić information content (AvgIpc) is 4.36. The maximum Gasteiger partial charge on any atom is 2.00 e. The van der Waals surface area contributed by atoms with E-state index >= 15 is 0 Å². The van der Waals surface area contributed by atoms with Crippen molar-refractivity contribution in [1.82, 2.24) is 9.97 Å². The molecular formula is C70H46N4PtSi2. The van der Waals surface area contributed by atoms with Crippen LogP contribution in [-0.4, -0.2) is 26.1 Å². The van der Waals surface area contributed by atoms with Crippen LogP contribution in [0.5, 0.6) is 0 Å². The van der Waals surface area contributed by atoms with Crippen LogP contribution in [0.25, 0.3) is 44.8 Å². The van der Waals surface area contributed by atoms with Gasteiger partial charge in [0.15, 0.2) is 0 Å². The SMILES string of the molecule is [Pt+2].[c-]1cc(N(c2ccccc2)c2ccccc2)cc2c1-c1ncccc1[Si]21c2ccccc2-c2ccccc21.[c-]1cc(N(c2ccccc2)c2ccccc2)cc2c1-c1ncccc1[Si]21c2ccccc2-c2ccccc21. The van der Waals surface area contributed by atoms with Gasteiger partial charge in [0.2, 0.25) is 0 Å². The van der Waals surface area contributed by atoms with Crippen molar-refractivity contribution >= 4 is 91.8 Å². The van der Waals surface area contributed by atoms with Crippen LogP contribution in [0.1, 0.15) is 0 Å². The minimum absolute atomic E-state index is 0. The van der Waals surface area contributed by atoms with E-state index in [0.29, 0.717) is 0 Å². The summed E-state index contributed by atoms with van der Waals surface area (Å²) in [5, 5.41) is 11.3. The molecule has 7 heteroatoms. The summed E-state index contributed by atoms with van der Waals surface area (Å²) < 4.78 is 0. The van der Waals surface area contributed by atoms with E-state index in [1.165, 1.54) is 63.7 Å². The van der Waals surface area contributed by atoms with E-state index in [9.17, 15) is 0 Å². The number of nitrogens with zero attached hydrogens (tertiary/aromatic N) is 4. The second-order valence-electron chi connectivity index (χ2n) is 19.8. The Kier molecular flexibility index (Phi) is 11.4. The molecule has 2 spiro atoms. The van der Waals surface area contributed by atoms with Gasteiger partial charge in [-0.15, -0.1) is 57.9 Å². The van der Waals surface area contributed by atoms with Gasteiger partial charge in [0.1, 0.15) is 16.1 Å². The van der Waals surface area contributed by atoms with Gasteiger partial charge in [0, 0.05) is 35.1 Å². The van der Waals surface area contributed by atoms with Crippen LogP contribution in [-0.2, 0) is 21.1 Å². The fourth-order valence-electron chi connectivity index (χ4n) is 13.2. The molecule has 4 aliphatic heterocycles. The van der Waals surface area contributed by atoms with Gasteiger partial charge in [-0.3, -0.25) is 0 Å². The smallest absolute Gasteiger partial charge is 0.352 e. The van der Waals surface area contributed by atoms with Crippen molar-refractivity contribution in [1.29, 1.82) is 0 Å². The van der Waals surface area contributed by atoms with Crippen molar-refractivity contribution in [2.24, 2.45) is 0 Å². The molecule has 0 fully saturated rings. The third-order valence-electron chi connectivity index (χ3n) is 16.0. The summed E-state index contributed by atoms with van der Waals surface area (Å²) in [6, 6.07) is 104. The molecule has 4 aliphatic rings. The van der Waals surface area contributed by atoms with E-state index in [1.54, 1.807) is 0 Å². The largest absolute Gasteiger partial charge is 2.00 e. The van der Waals surface area contributed by atoms with Gasteiger partial charge in [-0.25, -0.2) is 0 Å². The van der Waals surface area contributed by atoms with E-state index < -0.39 is 16.1 Å². The molecule has 0 aliphatic carbocycles. The van der Waals surface area contributed by atoms with Crippen molar-refractivity contribution in [3.8, 4) is 44.8 Å². The molecule has 0 amide bonds. The molecule has 0 saturated heterocycles. The van der Waals surface area contributed by atoms with E-state index in [1.807, 2.05) is 12.4 Å². The predicted octanol–water partition coefficient (Wildman–Crippen LogP) is 11.4. The Labute approximate surface area is 465 Å². The van der Waals surface area contributed by atoms with Gasteiger partial charge in [-0.05, 0) is 126 Å². The molecule has 16 rings (SSSR count). The fourth-order valence-corrected chi connectivity index (χ4v) is 24.1. The molecule has 10 aromatic carbocycles. The second kappa shape index (κ2) is 18.8. The van der Waals surface area contributed by atoms with Crippen LogP contribution in [0.2, 0.25) is 0 Å². The fraction of sp³-hybridized carbons (Fsp3) is 0. The molecule has 0 bridgehead atoms. The Morgan fingerprint density at radius 3 is 0.857 bits per heavy atom. The summed E-state index contributed by atoms with van der Waals surface area (Å²) in [6.07, 6.45) is 3.84. The van der Waals surface area contributed by atoms with Gasteiger partial charge >= 0.3 is 21.1 Å². The van der Waals surface area contributed by atoms with E-state index in [4.69, 9.17) is 9.97 Å². The Morgan fingerprint density at radius 2 is 0.545 bits per heavy atom. The maximum absolute atomic E-state index is 4.95. The number of aromatic nitrogens is 2. The van der Waals surface area contributed by atoms with Crippen molar-refractivity contribution in [3.05, 3.63) is 291 Å².